The lowest BCUT2D eigenvalue weighted by Gasteiger charge is -2.29. The first-order valence-corrected chi connectivity index (χ1v) is 7.73. The third-order valence-corrected chi connectivity index (χ3v) is 4.24. The van der Waals surface area contributed by atoms with Crippen LogP contribution in [-0.4, -0.2) is 31.8 Å². The molecule has 0 aliphatic carbocycles. The van der Waals surface area contributed by atoms with Crippen molar-refractivity contribution in [2.45, 2.75) is 51.9 Å². The molecule has 0 radical (unpaired) electrons. The number of likely N-dealkylation sites (N-methyl/N-ethyl adjacent to an activating group) is 1. The fraction of sp³-hybridized carbons (Fsp3) is 0.625. The Bertz CT molecular complexity index is 450. The van der Waals surface area contributed by atoms with E-state index in [1.54, 1.807) is 0 Å². The number of rotatable bonds is 5. The quantitative estimate of drug-likeness (QED) is 0.901. The van der Waals surface area contributed by atoms with Gasteiger partial charge in [0.15, 0.2) is 0 Å². The molecule has 1 aromatic rings. The van der Waals surface area contributed by atoms with Gasteiger partial charge < -0.3 is 15.0 Å². The highest BCUT2D eigenvalue weighted by Gasteiger charge is 2.28. The molecular formula is C16H25ClN2O. The van der Waals surface area contributed by atoms with E-state index in [-0.39, 0.29) is 6.10 Å². The molecule has 1 aliphatic rings. The molecule has 1 heterocycles. The zero-order valence-electron chi connectivity index (χ0n) is 12.8. The van der Waals surface area contributed by atoms with Crippen LogP contribution in [0.4, 0.5) is 5.69 Å². The summed E-state index contributed by atoms with van der Waals surface area (Å²) in [5.74, 6) is 0. The second-order valence-corrected chi connectivity index (χ2v) is 6.27. The van der Waals surface area contributed by atoms with E-state index in [0.29, 0.717) is 12.1 Å². The minimum Gasteiger partial charge on any atom is -0.376 e. The Kier molecular flexibility index (Phi) is 5.30. The van der Waals surface area contributed by atoms with Gasteiger partial charge in [-0.05, 0) is 31.0 Å². The molecule has 3 nitrogen and oxygen atoms in total. The Balaban J connectivity index is 2.08. The van der Waals surface area contributed by atoms with Gasteiger partial charge in [0.1, 0.15) is 0 Å². The van der Waals surface area contributed by atoms with Gasteiger partial charge in [-0.15, -0.1) is 0 Å². The maximum absolute atomic E-state index is 6.46. The molecule has 1 saturated heterocycles. The van der Waals surface area contributed by atoms with E-state index >= 15 is 0 Å². The van der Waals surface area contributed by atoms with Gasteiger partial charge in [-0.25, -0.2) is 0 Å². The van der Waals surface area contributed by atoms with Crippen LogP contribution in [0.15, 0.2) is 18.2 Å². The van der Waals surface area contributed by atoms with Crippen LogP contribution in [-0.2, 0) is 11.3 Å². The molecule has 0 spiro atoms. The van der Waals surface area contributed by atoms with E-state index in [2.05, 4.69) is 56.2 Å². The molecular weight excluding hydrogens is 272 g/mol. The van der Waals surface area contributed by atoms with E-state index in [9.17, 15) is 0 Å². The highest BCUT2D eigenvalue weighted by molar-refractivity contribution is 6.33. The minimum absolute atomic E-state index is 0.262. The molecule has 4 heteroatoms. The van der Waals surface area contributed by atoms with Gasteiger partial charge in [0, 0.05) is 26.2 Å². The summed E-state index contributed by atoms with van der Waals surface area (Å²) in [4.78, 5) is 2.25. The summed E-state index contributed by atoms with van der Waals surface area (Å²) in [6.07, 6.45) is 1.32. The average molecular weight is 297 g/mol. The van der Waals surface area contributed by atoms with Crippen LogP contribution in [0.2, 0.25) is 5.02 Å². The summed E-state index contributed by atoms with van der Waals surface area (Å²) in [5.41, 5.74) is 2.30. The number of hydrogen-bond donors (Lipinski definition) is 1. The lowest BCUT2D eigenvalue weighted by molar-refractivity contribution is 0.118. The number of nitrogens with zero attached hydrogens (tertiary/aromatic N) is 1. The number of benzene rings is 1. The summed E-state index contributed by atoms with van der Waals surface area (Å²) in [6.45, 7) is 8.11. The van der Waals surface area contributed by atoms with Crippen LogP contribution in [0.5, 0.6) is 0 Å². The van der Waals surface area contributed by atoms with E-state index in [1.165, 1.54) is 5.56 Å². The minimum atomic E-state index is 0.262. The molecule has 1 aromatic carbocycles. The van der Waals surface area contributed by atoms with Crippen molar-refractivity contribution < 1.29 is 4.74 Å². The van der Waals surface area contributed by atoms with Crippen molar-refractivity contribution in [3.63, 3.8) is 0 Å². The van der Waals surface area contributed by atoms with Gasteiger partial charge in [0.2, 0.25) is 0 Å². The summed E-state index contributed by atoms with van der Waals surface area (Å²) in [6, 6.07) is 7.21. The molecule has 1 fully saturated rings. The lowest BCUT2D eigenvalue weighted by atomic mass is 10.1. The fourth-order valence-electron chi connectivity index (χ4n) is 2.68. The smallest absolute Gasteiger partial charge is 0.0750 e. The van der Waals surface area contributed by atoms with Crippen molar-refractivity contribution in [3.8, 4) is 0 Å². The second kappa shape index (κ2) is 6.79. The van der Waals surface area contributed by atoms with Crippen molar-refractivity contribution in [1.29, 1.82) is 0 Å². The van der Waals surface area contributed by atoms with Gasteiger partial charge in [-0.1, -0.05) is 31.5 Å². The molecule has 2 unspecified atom stereocenters. The zero-order chi connectivity index (χ0) is 14.7. The topological polar surface area (TPSA) is 24.5 Å². The highest BCUT2D eigenvalue weighted by atomic mass is 35.5. The monoisotopic (exact) mass is 296 g/mol. The molecule has 0 aromatic heterocycles. The van der Waals surface area contributed by atoms with Crippen molar-refractivity contribution in [2.75, 3.05) is 18.6 Å². The van der Waals surface area contributed by atoms with E-state index < -0.39 is 0 Å². The normalized spacial score (nSPS) is 22.5. The summed E-state index contributed by atoms with van der Waals surface area (Å²) < 4.78 is 5.64. The van der Waals surface area contributed by atoms with Crippen molar-refractivity contribution in [3.05, 3.63) is 28.8 Å². The fourth-order valence-corrected chi connectivity index (χ4v) is 3.01. The van der Waals surface area contributed by atoms with Gasteiger partial charge in [-0.3, -0.25) is 0 Å². The highest BCUT2D eigenvalue weighted by Crippen LogP contribution is 2.31. The largest absolute Gasteiger partial charge is 0.376 e. The summed E-state index contributed by atoms with van der Waals surface area (Å²) >= 11 is 6.46. The van der Waals surface area contributed by atoms with E-state index in [4.69, 9.17) is 16.3 Å². The molecule has 0 amide bonds. The van der Waals surface area contributed by atoms with Crippen molar-refractivity contribution in [1.82, 2.24) is 5.32 Å². The van der Waals surface area contributed by atoms with Gasteiger partial charge >= 0.3 is 0 Å². The molecule has 112 valence electrons. The van der Waals surface area contributed by atoms with Crippen LogP contribution in [0.1, 0.15) is 32.8 Å². The molecule has 0 bridgehead atoms. The Morgan fingerprint density at radius 1 is 1.45 bits per heavy atom. The van der Waals surface area contributed by atoms with Crippen molar-refractivity contribution >= 4 is 17.3 Å². The summed E-state index contributed by atoms with van der Waals surface area (Å²) in [7, 11) is 2.10. The Morgan fingerprint density at radius 3 is 2.75 bits per heavy atom. The maximum atomic E-state index is 6.46. The Labute approximate surface area is 127 Å². The van der Waals surface area contributed by atoms with Gasteiger partial charge in [-0.2, -0.15) is 0 Å². The standard InChI is InChI=1S/C16H25ClN2O/c1-11(2)18-10-13-5-6-16(14(17)9-13)19(4)15-7-8-20-12(15)3/h5-6,9,11-12,15,18H,7-8,10H2,1-4H3. The first-order chi connectivity index (χ1) is 9.49. The van der Waals surface area contributed by atoms with Crippen LogP contribution < -0.4 is 10.2 Å². The SMILES string of the molecule is CC(C)NCc1ccc(N(C)C2CCOC2C)c(Cl)c1. The molecule has 1 aliphatic heterocycles. The number of anilines is 1. The van der Waals surface area contributed by atoms with Crippen LogP contribution >= 0.6 is 11.6 Å². The molecule has 2 atom stereocenters. The van der Waals surface area contributed by atoms with E-state index in [1.807, 2.05) is 0 Å². The molecule has 2 rings (SSSR count). The van der Waals surface area contributed by atoms with E-state index in [0.717, 1.165) is 30.3 Å². The second-order valence-electron chi connectivity index (χ2n) is 5.86. The molecule has 20 heavy (non-hydrogen) atoms. The zero-order valence-corrected chi connectivity index (χ0v) is 13.6. The number of hydrogen-bond acceptors (Lipinski definition) is 3. The summed E-state index contributed by atoms with van der Waals surface area (Å²) in [5, 5.41) is 4.22. The maximum Gasteiger partial charge on any atom is 0.0750 e. The van der Waals surface area contributed by atoms with Crippen molar-refractivity contribution in [2.24, 2.45) is 0 Å². The molecule has 0 saturated carbocycles. The van der Waals surface area contributed by atoms with Crippen LogP contribution in [0.3, 0.4) is 0 Å². The van der Waals surface area contributed by atoms with Gasteiger partial charge in [0.05, 0.1) is 22.9 Å². The number of halogens is 1. The predicted octanol–water partition coefficient (Wildman–Crippen LogP) is 3.45. The van der Waals surface area contributed by atoms with Crippen LogP contribution in [0, 0.1) is 0 Å². The average Bonchev–Trinajstić information content (AvgIpc) is 2.82. The van der Waals surface area contributed by atoms with Crippen LogP contribution in [0.25, 0.3) is 0 Å². The number of nitrogens with one attached hydrogen (secondary N) is 1. The third-order valence-electron chi connectivity index (χ3n) is 3.94. The van der Waals surface area contributed by atoms with Gasteiger partial charge in [0.25, 0.3) is 0 Å². The lowest BCUT2D eigenvalue weighted by Crippen LogP contribution is -2.36. The first kappa shape index (κ1) is 15.6. The number of ether oxygens (including phenoxy) is 1. The molecule has 1 N–H and O–H groups in total. The predicted molar refractivity (Wildman–Crippen MR) is 85.6 cm³/mol. The third kappa shape index (κ3) is 3.66. The first-order valence-electron chi connectivity index (χ1n) is 7.35. The Hall–Kier alpha value is -0.770. The Morgan fingerprint density at radius 2 is 2.20 bits per heavy atom.